The lowest BCUT2D eigenvalue weighted by molar-refractivity contribution is -0.870. The van der Waals surface area contributed by atoms with Gasteiger partial charge < -0.3 is 19.1 Å². The molecule has 0 aromatic heterocycles. The van der Waals surface area contributed by atoms with Crippen LogP contribution in [0.4, 0.5) is 4.79 Å². The number of hydrogen-bond acceptors (Lipinski definition) is 3. The molecule has 0 fully saturated rings. The van der Waals surface area contributed by atoms with Crippen LogP contribution < -0.4 is 5.11 Å². The van der Waals surface area contributed by atoms with Gasteiger partial charge in [-0.1, -0.05) is 13.3 Å². The first-order chi connectivity index (χ1) is 5.83. The summed E-state index contributed by atoms with van der Waals surface area (Å²) in [5.74, 6) is 0. The molecule has 0 aromatic rings. The molecule has 0 heterocycles. The van der Waals surface area contributed by atoms with Crippen LogP contribution in [0.25, 0.3) is 0 Å². The Balaban J connectivity index is 0. The van der Waals surface area contributed by atoms with Gasteiger partial charge in [-0.25, -0.2) is 0 Å². The summed E-state index contributed by atoms with van der Waals surface area (Å²) in [4.78, 5) is 9.03. The molecule has 4 heteroatoms. The molecule has 0 aliphatic carbocycles. The van der Waals surface area contributed by atoms with E-state index in [1.165, 1.54) is 19.4 Å². The number of carbonyl (C=O) groups is 1. The third kappa shape index (κ3) is 24.6. The van der Waals surface area contributed by atoms with Crippen LogP contribution in [-0.2, 0) is 4.74 Å². The van der Waals surface area contributed by atoms with Gasteiger partial charge in [-0.3, -0.25) is 0 Å². The van der Waals surface area contributed by atoms with Crippen LogP contribution in [-0.4, -0.2) is 45.4 Å². The lowest BCUT2D eigenvalue weighted by Gasteiger charge is -2.23. The van der Waals surface area contributed by atoms with E-state index in [-0.39, 0.29) is 0 Å². The minimum Gasteiger partial charge on any atom is -0.553 e. The summed E-state index contributed by atoms with van der Waals surface area (Å²) >= 11 is 0. The van der Waals surface area contributed by atoms with Crippen molar-refractivity contribution >= 4 is 6.16 Å². The quantitative estimate of drug-likeness (QED) is 0.481. The smallest absolute Gasteiger partial charge is 0.251 e. The molecule has 0 aliphatic rings. The van der Waals surface area contributed by atoms with E-state index in [4.69, 9.17) is 9.90 Å². The van der Waals surface area contributed by atoms with Gasteiger partial charge in [0, 0.05) is 7.11 Å². The van der Waals surface area contributed by atoms with E-state index >= 15 is 0 Å². The summed E-state index contributed by atoms with van der Waals surface area (Å²) in [7, 11) is 7.73. The average Bonchev–Trinajstić information content (AvgIpc) is 2.00. The zero-order valence-corrected chi connectivity index (χ0v) is 9.29. The lowest BCUT2D eigenvalue weighted by Crippen LogP contribution is -2.35. The second-order valence-electron chi connectivity index (χ2n) is 3.82. The van der Waals surface area contributed by atoms with Crippen molar-refractivity contribution in [2.75, 3.05) is 34.8 Å². The van der Waals surface area contributed by atoms with E-state index < -0.39 is 6.16 Å². The lowest BCUT2D eigenvalue weighted by atomic mass is 10.3. The molecule has 4 nitrogen and oxygen atoms in total. The molecule has 80 valence electrons. The number of rotatable bonds is 3. The monoisotopic (exact) mass is 191 g/mol. The fourth-order valence-corrected chi connectivity index (χ4v) is 0.632. The maximum absolute atomic E-state index is 9.03. The first-order valence-electron chi connectivity index (χ1n) is 4.39. The number of ether oxygens (including phenoxy) is 1. The second-order valence-corrected chi connectivity index (χ2v) is 3.82. The van der Waals surface area contributed by atoms with Crippen molar-refractivity contribution in [3.05, 3.63) is 0 Å². The Labute approximate surface area is 80.7 Å². The Morgan fingerprint density at radius 2 is 1.77 bits per heavy atom. The number of unbranched alkanes of at least 4 members (excludes halogenated alkanes) is 1. The predicted molar refractivity (Wildman–Crippen MR) is 50.2 cm³/mol. The molecule has 0 aromatic carbocycles. The largest absolute Gasteiger partial charge is 0.553 e. The Bertz CT molecular complexity index is 129. The van der Waals surface area contributed by atoms with Crippen molar-refractivity contribution in [3.8, 4) is 0 Å². The molecule has 0 spiro atoms. The zero-order valence-electron chi connectivity index (χ0n) is 9.29. The normalized spacial score (nSPS) is 9.92. The van der Waals surface area contributed by atoms with Crippen molar-refractivity contribution in [3.63, 3.8) is 0 Å². The predicted octanol–water partition coefficient (Wildman–Crippen LogP) is 0.469. The van der Waals surface area contributed by atoms with Crippen molar-refractivity contribution < 1.29 is 19.1 Å². The van der Waals surface area contributed by atoms with E-state index in [2.05, 4.69) is 32.8 Å². The van der Waals surface area contributed by atoms with Gasteiger partial charge in [-0.2, -0.15) is 0 Å². The number of carbonyl (C=O) groups excluding carboxylic acids is 1. The molecular formula is C9H21NO3. The number of carboxylic acid groups (broad SMARTS) is 1. The highest BCUT2D eigenvalue weighted by Gasteiger charge is 2.02. The van der Waals surface area contributed by atoms with Gasteiger partial charge in [-0.15, -0.1) is 0 Å². The highest BCUT2D eigenvalue weighted by molar-refractivity contribution is 5.53. The molecule has 0 unspecified atom stereocenters. The molecule has 0 rings (SSSR count). The molecule has 0 N–H and O–H groups in total. The SMILES string of the molecule is CCCC[N+](C)(C)C.COC(=O)[O-]. The van der Waals surface area contributed by atoms with E-state index in [1.807, 2.05) is 0 Å². The molecular weight excluding hydrogens is 170 g/mol. The first kappa shape index (κ1) is 14.7. The van der Waals surface area contributed by atoms with E-state index in [0.29, 0.717) is 0 Å². The van der Waals surface area contributed by atoms with Crippen LogP contribution in [0.15, 0.2) is 0 Å². The number of methoxy groups -OCH3 is 1. The van der Waals surface area contributed by atoms with Crippen molar-refractivity contribution in [2.45, 2.75) is 19.8 Å². The van der Waals surface area contributed by atoms with E-state index in [9.17, 15) is 0 Å². The van der Waals surface area contributed by atoms with Gasteiger partial charge in [0.15, 0.2) is 0 Å². The molecule has 0 atom stereocenters. The van der Waals surface area contributed by atoms with Crippen LogP contribution in [0.1, 0.15) is 19.8 Å². The number of hydrogen-bond donors (Lipinski definition) is 0. The van der Waals surface area contributed by atoms with Crippen LogP contribution in [0.3, 0.4) is 0 Å². The average molecular weight is 191 g/mol. The summed E-state index contributed by atoms with van der Waals surface area (Å²) < 4.78 is 4.66. The highest BCUT2D eigenvalue weighted by atomic mass is 16.6. The Hall–Kier alpha value is -0.770. The third-order valence-electron chi connectivity index (χ3n) is 1.35. The maximum Gasteiger partial charge on any atom is 0.251 e. The summed E-state index contributed by atoms with van der Waals surface area (Å²) in [6.07, 6.45) is 1.17. The summed E-state index contributed by atoms with van der Waals surface area (Å²) in [6.45, 7) is 3.53. The van der Waals surface area contributed by atoms with Crippen molar-refractivity contribution in [2.24, 2.45) is 0 Å². The summed E-state index contributed by atoms with van der Waals surface area (Å²) in [5.41, 5.74) is 0. The number of quaternary nitrogens is 1. The van der Waals surface area contributed by atoms with Gasteiger partial charge in [-0.05, 0) is 6.42 Å². The van der Waals surface area contributed by atoms with Crippen LogP contribution in [0, 0.1) is 0 Å². The minimum absolute atomic E-state index is 1.04. The Morgan fingerprint density at radius 3 is 1.85 bits per heavy atom. The molecule has 0 amide bonds. The van der Waals surface area contributed by atoms with Crippen LogP contribution in [0.5, 0.6) is 0 Å². The second kappa shape index (κ2) is 7.86. The number of nitrogens with zero attached hydrogens (tertiary/aromatic N) is 1. The minimum atomic E-state index is -1.50. The highest BCUT2D eigenvalue weighted by Crippen LogP contribution is 1.95. The Kier molecular flexibility index (Phi) is 8.91. The third-order valence-corrected chi connectivity index (χ3v) is 1.35. The molecule has 0 radical (unpaired) electrons. The van der Waals surface area contributed by atoms with Crippen LogP contribution in [0.2, 0.25) is 0 Å². The topological polar surface area (TPSA) is 49.4 Å². The van der Waals surface area contributed by atoms with E-state index in [0.717, 1.165) is 11.6 Å². The fraction of sp³-hybridized carbons (Fsp3) is 0.889. The molecule has 0 saturated carbocycles. The van der Waals surface area contributed by atoms with Crippen molar-refractivity contribution in [1.29, 1.82) is 0 Å². The first-order valence-corrected chi connectivity index (χ1v) is 4.39. The molecule has 0 aliphatic heterocycles. The standard InChI is InChI=1S/C7H18N.C2H4O3/c1-5-6-7-8(2,3)4;1-5-2(3)4/h5-7H2,1-4H3;1H3,(H,3,4)/q+1;/p-1. The summed E-state index contributed by atoms with van der Waals surface area (Å²) in [5, 5.41) is 9.03. The van der Waals surface area contributed by atoms with Gasteiger partial charge in [0.25, 0.3) is 6.16 Å². The zero-order chi connectivity index (χ0) is 10.9. The Morgan fingerprint density at radius 1 is 1.38 bits per heavy atom. The fourth-order valence-electron chi connectivity index (χ4n) is 0.632. The molecule has 13 heavy (non-hydrogen) atoms. The molecule has 0 bridgehead atoms. The van der Waals surface area contributed by atoms with Crippen LogP contribution >= 0.6 is 0 Å². The maximum atomic E-state index is 9.03. The van der Waals surface area contributed by atoms with Crippen molar-refractivity contribution in [1.82, 2.24) is 0 Å². The van der Waals surface area contributed by atoms with E-state index in [1.54, 1.807) is 0 Å². The van der Waals surface area contributed by atoms with Gasteiger partial charge in [0.2, 0.25) is 0 Å². The van der Waals surface area contributed by atoms with Gasteiger partial charge in [0.1, 0.15) is 0 Å². The van der Waals surface area contributed by atoms with Gasteiger partial charge >= 0.3 is 0 Å². The van der Waals surface area contributed by atoms with Gasteiger partial charge in [0.05, 0.1) is 27.7 Å². The summed E-state index contributed by atoms with van der Waals surface area (Å²) in [6, 6.07) is 0. The molecule has 0 saturated heterocycles.